The molecule has 0 aromatic carbocycles. The summed E-state index contributed by atoms with van der Waals surface area (Å²) in [6, 6.07) is 0. The molecule has 0 amide bonds. The van der Waals surface area contributed by atoms with Crippen LogP contribution in [-0.4, -0.2) is 24.7 Å². The number of unbranched alkanes of at least 4 members (excludes halogenated alkanes) is 6. The second-order valence-electron chi connectivity index (χ2n) is 5.00. The van der Waals surface area contributed by atoms with Crippen LogP contribution in [0.2, 0.25) is 0 Å². The molecule has 0 atom stereocenters. The molecule has 0 saturated carbocycles. The summed E-state index contributed by atoms with van der Waals surface area (Å²) < 4.78 is 64.6. The van der Waals surface area contributed by atoms with Gasteiger partial charge in [-0.15, -0.1) is 0 Å². The molecular weight excluding hydrogens is 307 g/mol. The number of rotatable bonds is 11. The van der Waals surface area contributed by atoms with Gasteiger partial charge in [0, 0.05) is 0 Å². The van der Waals surface area contributed by atoms with E-state index in [9.17, 15) is 26.7 Å². The number of allylic oxidation sites excluding steroid dienone is 2. The molecule has 0 aromatic heterocycles. The summed E-state index contributed by atoms with van der Waals surface area (Å²) in [6.07, 6.45) is 5.21. The van der Waals surface area contributed by atoms with Crippen LogP contribution >= 0.6 is 0 Å². The van der Waals surface area contributed by atoms with Gasteiger partial charge in [-0.25, -0.2) is 4.79 Å². The average Bonchev–Trinajstić information content (AvgIpc) is 2.43. The van der Waals surface area contributed by atoms with Crippen LogP contribution in [0.15, 0.2) is 12.2 Å². The summed E-state index contributed by atoms with van der Waals surface area (Å²) in [5.41, 5.74) is 0. The Morgan fingerprint density at radius 2 is 1.45 bits per heavy atom. The van der Waals surface area contributed by atoms with E-state index in [0.717, 1.165) is 38.5 Å². The second kappa shape index (κ2) is 10.6. The van der Waals surface area contributed by atoms with Gasteiger partial charge in [-0.1, -0.05) is 44.8 Å². The van der Waals surface area contributed by atoms with Crippen molar-refractivity contribution in [3.63, 3.8) is 0 Å². The number of carbonyl (C=O) groups excluding carboxylic acids is 1. The first-order valence-electron chi connectivity index (χ1n) is 7.50. The fourth-order valence-electron chi connectivity index (χ4n) is 1.73. The SMILES string of the molecule is CC/C=C\CCCCCCCCOC(=O)C(F)(F)C(F)(F)F. The number of alkyl halides is 5. The Kier molecular flexibility index (Phi) is 10.0. The highest BCUT2D eigenvalue weighted by atomic mass is 19.4. The van der Waals surface area contributed by atoms with E-state index in [1.165, 1.54) is 0 Å². The standard InChI is InChI=1S/C15H23F5O2/c1-2-3-4-5-6-7-8-9-10-11-12-22-13(21)14(16,17)15(18,19)20/h3-4H,2,5-12H2,1H3/b4-3-. The molecule has 0 saturated heterocycles. The lowest BCUT2D eigenvalue weighted by molar-refractivity contribution is -0.280. The summed E-state index contributed by atoms with van der Waals surface area (Å²) in [7, 11) is 0. The van der Waals surface area contributed by atoms with Crippen molar-refractivity contribution in [2.45, 2.75) is 70.4 Å². The van der Waals surface area contributed by atoms with Gasteiger partial charge in [0.15, 0.2) is 0 Å². The minimum absolute atomic E-state index is 0.287. The molecule has 0 heterocycles. The molecule has 0 fully saturated rings. The average molecular weight is 330 g/mol. The van der Waals surface area contributed by atoms with E-state index < -0.39 is 24.7 Å². The third-order valence-corrected chi connectivity index (χ3v) is 3.01. The van der Waals surface area contributed by atoms with Crippen molar-refractivity contribution in [3.8, 4) is 0 Å². The van der Waals surface area contributed by atoms with E-state index in [1.54, 1.807) is 0 Å². The zero-order chi connectivity index (χ0) is 17.1. The highest BCUT2D eigenvalue weighted by molar-refractivity contribution is 5.78. The van der Waals surface area contributed by atoms with Crippen LogP contribution in [0.3, 0.4) is 0 Å². The first kappa shape index (κ1) is 20.9. The highest BCUT2D eigenvalue weighted by Crippen LogP contribution is 2.36. The van der Waals surface area contributed by atoms with Crippen LogP contribution in [-0.2, 0) is 9.53 Å². The molecule has 0 aliphatic heterocycles. The fraction of sp³-hybridized carbons (Fsp3) is 0.800. The van der Waals surface area contributed by atoms with Gasteiger partial charge in [-0.2, -0.15) is 22.0 Å². The van der Waals surface area contributed by atoms with Gasteiger partial charge >= 0.3 is 18.1 Å². The fourth-order valence-corrected chi connectivity index (χ4v) is 1.73. The Hall–Kier alpha value is -1.14. The molecular formula is C15H23F5O2. The summed E-state index contributed by atoms with van der Waals surface area (Å²) in [5.74, 6) is -7.96. The zero-order valence-electron chi connectivity index (χ0n) is 12.7. The zero-order valence-corrected chi connectivity index (χ0v) is 12.7. The normalized spacial score (nSPS) is 12.8. The Bertz CT molecular complexity index is 337. The molecule has 2 nitrogen and oxygen atoms in total. The molecule has 0 aliphatic carbocycles. The number of halogens is 5. The van der Waals surface area contributed by atoms with E-state index in [0.29, 0.717) is 6.42 Å². The summed E-state index contributed by atoms with van der Waals surface area (Å²) in [6.45, 7) is 1.65. The number of carbonyl (C=O) groups is 1. The molecule has 0 rings (SSSR count). The third kappa shape index (κ3) is 8.34. The van der Waals surface area contributed by atoms with Gasteiger partial charge in [0.05, 0.1) is 6.61 Å². The van der Waals surface area contributed by atoms with Crippen LogP contribution in [0.4, 0.5) is 22.0 Å². The van der Waals surface area contributed by atoms with Crippen LogP contribution in [0.5, 0.6) is 0 Å². The van der Waals surface area contributed by atoms with E-state index >= 15 is 0 Å². The lowest BCUT2D eigenvalue weighted by atomic mass is 10.1. The van der Waals surface area contributed by atoms with E-state index in [4.69, 9.17) is 0 Å². The minimum Gasteiger partial charge on any atom is -0.461 e. The van der Waals surface area contributed by atoms with Gasteiger partial charge < -0.3 is 4.74 Å². The monoisotopic (exact) mass is 330 g/mol. The predicted molar refractivity (Wildman–Crippen MR) is 73.7 cm³/mol. The first-order chi connectivity index (χ1) is 10.2. The summed E-state index contributed by atoms with van der Waals surface area (Å²) in [5, 5.41) is 0. The lowest BCUT2D eigenvalue weighted by Gasteiger charge is -2.17. The highest BCUT2D eigenvalue weighted by Gasteiger charge is 2.64. The Morgan fingerprint density at radius 1 is 0.909 bits per heavy atom. The predicted octanol–water partition coefficient (Wildman–Crippen LogP) is 5.42. The van der Waals surface area contributed by atoms with Crippen molar-refractivity contribution < 1.29 is 31.5 Å². The molecule has 0 aromatic rings. The number of hydrogen-bond acceptors (Lipinski definition) is 2. The molecule has 0 N–H and O–H groups in total. The molecule has 7 heteroatoms. The van der Waals surface area contributed by atoms with Gasteiger partial charge in [-0.3, -0.25) is 0 Å². The maximum Gasteiger partial charge on any atom is 0.465 e. The maximum atomic E-state index is 12.5. The van der Waals surface area contributed by atoms with Crippen molar-refractivity contribution in [1.82, 2.24) is 0 Å². The van der Waals surface area contributed by atoms with Gasteiger partial charge in [0.25, 0.3) is 0 Å². The molecule has 22 heavy (non-hydrogen) atoms. The van der Waals surface area contributed by atoms with Crippen molar-refractivity contribution in [3.05, 3.63) is 12.2 Å². The van der Waals surface area contributed by atoms with Gasteiger partial charge in [0.1, 0.15) is 0 Å². The van der Waals surface area contributed by atoms with E-state index in [2.05, 4.69) is 23.8 Å². The first-order valence-corrected chi connectivity index (χ1v) is 7.50. The largest absolute Gasteiger partial charge is 0.465 e. The van der Waals surface area contributed by atoms with Crippen molar-refractivity contribution in [2.75, 3.05) is 6.61 Å². The van der Waals surface area contributed by atoms with Crippen LogP contribution in [0.25, 0.3) is 0 Å². The van der Waals surface area contributed by atoms with Crippen LogP contribution < -0.4 is 0 Å². The molecule has 0 spiro atoms. The Balaban J connectivity index is 3.58. The maximum absolute atomic E-state index is 12.5. The Morgan fingerprint density at radius 3 is 2.00 bits per heavy atom. The van der Waals surface area contributed by atoms with Crippen LogP contribution in [0, 0.1) is 0 Å². The minimum atomic E-state index is -5.91. The van der Waals surface area contributed by atoms with E-state index in [-0.39, 0.29) is 6.42 Å². The number of esters is 1. The van der Waals surface area contributed by atoms with Crippen molar-refractivity contribution >= 4 is 5.97 Å². The van der Waals surface area contributed by atoms with E-state index in [1.807, 2.05) is 0 Å². The van der Waals surface area contributed by atoms with Crippen LogP contribution in [0.1, 0.15) is 58.3 Å². The topological polar surface area (TPSA) is 26.3 Å². The number of ether oxygens (including phenoxy) is 1. The van der Waals surface area contributed by atoms with Crippen molar-refractivity contribution in [1.29, 1.82) is 0 Å². The third-order valence-electron chi connectivity index (χ3n) is 3.01. The summed E-state index contributed by atoms with van der Waals surface area (Å²) in [4.78, 5) is 10.7. The molecule has 130 valence electrons. The summed E-state index contributed by atoms with van der Waals surface area (Å²) >= 11 is 0. The molecule has 0 unspecified atom stereocenters. The van der Waals surface area contributed by atoms with Gasteiger partial charge in [-0.05, 0) is 25.7 Å². The molecule has 0 radical (unpaired) electrons. The lowest BCUT2D eigenvalue weighted by Crippen LogP contribution is -2.45. The second-order valence-corrected chi connectivity index (χ2v) is 5.00. The molecule has 0 bridgehead atoms. The number of hydrogen-bond donors (Lipinski definition) is 0. The van der Waals surface area contributed by atoms with Crippen molar-refractivity contribution in [2.24, 2.45) is 0 Å². The quantitative estimate of drug-likeness (QED) is 0.219. The van der Waals surface area contributed by atoms with Gasteiger partial charge in [0.2, 0.25) is 0 Å². The Labute approximate surface area is 127 Å². The smallest absolute Gasteiger partial charge is 0.461 e. The molecule has 0 aliphatic rings.